The number of hydrogen-bond donors (Lipinski definition) is 2. The maximum absolute atomic E-state index is 9.72. The Kier molecular flexibility index (Phi) is 1.81. The van der Waals surface area contributed by atoms with Gasteiger partial charge in [-0.25, -0.2) is 0 Å². The number of aromatic hydroxyl groups is 1. The molecule has 0 spiro atoms. The van der Waals surface area contributed by atoms with Crippen LogP contribution in [0.3, 0.4) is 0 Å². The number of benzene rings is 1. The minimum atomic E-state index is 0.174. The summed E-state index contributed by atoms with van der Waals surface area (Å²) in [5, 5.41) is 9.72. The van der Waals surface area contributed by atoms with Crippen molar-refractivity contribution in [3.05, 3.63) is 28.3 Å². The van der Waals surface area contributed by atoms with Crippen LogP contribution >= 0.6 is 0 Å². The second-order valence-electron chi connectivity index (χ2n) is 3.88. The molecule has 2 nitrogen and oxygen atoms in total. The molecule has 3 N–H and O–H groups in total. The van der Waals surface area contributed by atoms with Crippen LogP contribution in [0.25, 0.3) is 0 Å². The van der Waals surface area contributed by atoms with E-state index < -0.39 is 0 Å². The zero-order valence-corrected chi connectivity index (χ0v) is 8.09. The van der Waals surface area contributed by atoms with E-state index in [0.29, 0.717) is 5.75 Å². The molecule has 1 aliphatic rings. The third kappa shape index (κ3) is 1.13. The highest BCUT2D eigenvalue weighted by Crippen LogP contribution is 2.37. The summed E-state index contributed by atoms with van der Waals surface area (Å²) in [6, 6.07) is 2.20. The molecule has 1 aliphatic carbocycles. The fraction of sp³-hybridized carbons (Fsp3) is 0.455. The maximum atomic E-state index is 9.72. The number of fused-ring (bicyclic) bond motifs is 1. The molecule has 70 valence electrons. The van der Waals surface area contributed by atoms with E-state index in [9.17, 15) is 5.11 Å². The molecular weight excluding hydrogens is 162 g/mol. The molecule has 0 amide bonds. The first kappa shape index (κ1) is 8.57. The highest BCUT2D eigenvalue weighted by Gasteiger charge is 2.22. The molecule has 0 bridgehead atoms. The van der Waals surface area contributed by atoms with Gasteiger partial charge in [-0.15, -0.1) is 0 Å². The Morgan fingerprint density at radius 1 is 1.46 bits per heavy atom. The van der Waals surface area contributed by atoms with Gasteiger partial charge in [0.2, 0.25) is 0 Å². The lowest BCUT2D eigenvalue weighted by molar-refractivity contribution is 0.466. The van der Waals surface area contributed by atoms with Crippen LogP contribution in [0.1, 0.15) is 34.7 Å². The monoisotopic (exact) mass is 177 g/mol. The lowest BCUT2D eigenvalue weighted by atomic mass is 9.99. The first-order valence-electron chi connectivity index (χ1n) is 4.68. The SMILES string of the molecule is Cc1cc2c(c(C)c1O)CCC2N. The topological polar surface area (TPSA) is 46.2 Å². The standard InChI is InChI=1S/C11H15NO/c1-6-5-9-8(3-4-10(9)12)7(2)11(6)13/h5,10,13H,3-4,12H2,1-2H3. The number of aryl methyl sites for hydroxylation is 1. The number of nitrogens with two attached hydrogens (primary N) is 1. The van der Waals surface area contributed by atoms with Crippen LogP contribution in [-0.4, -0.2) is 5.11 Å². The van der Waals surface area contributed by atoms with Crippen molar-refractivity contribution in [1.82, 2.24) is 0 Å². The second kappa shape index (κ2) is 2.74. The maximum Gasteiger partial charge on any atom is 0.121 e. The Hall–Kier alpha value is -1.02. The Balaban J connectivity index is 2.67. The first-order valence-corrected chi connectivity index (χ1v) is 4.68. The number of hydrogen-bond acceptors (Lipinski definition) is 2. The lowest BCUT2D eigenvalue weighted by Crippen LogP contribution is -2.05. The molecule has 0 saturated heterocycles. The summed E-state index contributed by atoms with van der Waals surface area (Å²) < 4.78 is 0. The van der Waals surface area contributed by atoms with Crippen molar-refractivity contribution >= 4 is 0 Å². The van der Waals surface area contributed by atoms with Crippen molar-refractivity contribution < 1.29 is 5.11 Å². The summed E-state index contributed by atoms with van der Waals surface area (Å²) in [5.74, 6) is 0.438. The van der Waals surface area contributed by atoms with Crippen molar-refractivity contribution in [2.24, 2.45) is 5.73 Å². The quantitative estimate of drug-likeness (QED) is 0.636. The molecule has 2 heteroatoms. The molecule has 0 aromatic heterocycles. The minimum absolute atomic E-state index is 0.174. The molecule has 0 radical (unpaired) electrons. The van der Waals surface area contributed by atoms with E-state index in [0.717, 1.165) is 24.0 Å². The minimum Gasteiger partial charge on any atom is -0.507 e. The molecule has 0 fully saturated rings. The van der Waals surface area contributed by atoms with E-state index in [1.54, 1.807) is 0 Å². The smallest absolute Gasteiger partial charge is 0.121 e. The largest absolute Gasteiger partial charge is 0.507 e. The summed E-state index contributed by atoms with van der Waals surface area (Å²) in [5.41, 5.74) is 10.4. The summed E-state index contributed by atoms with van der Waals surface area (Å²) in [4.78, 5) is 0. The van der Waals surface area contributed by atoms with Crippen molar-refractivity contribution in [2.45, 2.75) is 32.7 Å². The van der Waals surface area contributed by atoms with Gasteiger partial charge in [0.1, 0.15) is 5.75 Å². The number of phenolic OH excluding ortho intramolecular Hbond substituents is 1. The van der Waals surface area contributed by atoms with Gasteiger partial charge in [-0.05, 0) is 48.9 Å². The van der Waals surface area contributed by atoms with E-state index in [2.05, 4.69) is 0 Å². The Bertz CT molecular complexity index is 358. The van der Waals surface area contributed by atoms with Crippen LogP contribution in [0, 0.1) is 13.8 Å². The molecule has 13 heavy (non-hydrogen) atoms. The fourth-order valence-corrected chi connectivity index (χ4v) is 2.16. The molecular formula is C11H15NO. The Labute approximate surface area is 78.4 Å². The van der Waals surface area contributed by atoms with Gasteiger partial charge in [-0.3, -0.25) is 0 Å². The van der Waals surface area contributed by atoms with E-state index in [1.807, 2.05) is 19.9 Å². The third-order valence-corrected chi connectivity index (χ3v) is 3.01. The third-order valence-electron chi connectivity index (χ3n) is 3.01. The van der Waals surface area contributed by atoms with Crippen molar-refractivity contribution in [3.8, 4) is 5.75 Å². The molecule has 1 atom stereocenters. The number of rotatable bonds is 0. The average Bonchev–Trinajstić information content (AvgIpc) is 2.45. The van der Waals surface area contributed by atoms with Crippen molar-refractivity contribution in [1.29, 1.82) is 0 Å². The normalized spacial score (nSPS) is 20.4. The van der Waals surface area contributed by atoms with Gasteiger partial charge in [-0.2, -0.15) is 0 Å². The van der Waals surface area contributed by atoms with Gasteiger partial charge in [0.15, 0.2) is 0 Å². The molecule has 0 saturated carbocycles. The van der Waals surface area contributed by atoms with Crippen LogP contribution in [-0.2, 0) is 6.42 Å². The average molecular weight is 177 g/mol. The Morgan fingerprint density at radius 2 is 2.15 bits per heavy atom. The van der Waals surface area contributed by atoms with E-state index in [4.69, 9.17) is 5.73 Å². The highest BCUT2D eigenvalue weighted by atomic mass is 16.3. The van der Waals surface area contributed by atoms with E-state index in [-0.39, 0.29) is 6.04 Å². The molecule has 2 rings (SSSR count). The van der Waals surface area contributed by atoms with Crippen LogP contribution in [0.2, 0.25) is 0 Å². The zero-order chi connectivity index (χ0) is 9.59. The molecule has 0 aliphatic heterocycles. The second-order valence-corrected chi connectivity index (χ2v) is 3.88. The summed E-state index contributed by atoms with van der Waals surface area (Å²) in [6.45, 7) is 3.90. The van der Waals surface area contributed by atoms with Gasteiger partial charge in [0.25, 0.3) is 0 Å². The summed E-state index contributed by atoms with van der Waals surface area (Å²) >= 11 is 0. The van der Waals surface area contributed by atoms with Crippen LogP contribution in [0.5, 0.6) is 5.75 Å². The lowest BCUT2D eigenvalue weighted by Gasteiger charge is -2.11. The fourth-order valence-electron chi connectivity index (χ4n) is 2.16. The van der Waals surface area contributed by atoms with Crippen LogP contribution in [0.4, 0.5) is 0 Å². The van der Waals surface area contributed by atoms with Crippen molar-refractivity contribution in [2.75, 3.05) is 0 Å². The summed E-state index contributed by atoms with van der Waals surface area (Å²) in [6.07, 6.45) is 2.02. The van der Waals surface area contributed by atoms with Crippen LogP contribution in [0.15, 0.2) is 6.07 Å². The zero-order valence-electron chi connectivity index (χ0n) is 8.09. The number of phenols is 1. The van der Waals surface area contributed by atoms with Gasteiger partial charge in [-0.1, -0.05) is 6.07 Å². The van der Waals surface area contributed by atoms with Crippen LogP contribution < -0.4 is 5.73 Å². The molecule has 1 aromatic rings. The Morgan fingerprint density at radius 3 is 2.85 bits per heavy atom. The van der Waals surface area contributed by atoms with Gasteiger partial charge in [0.05, 0.1) is 0 Å². The van der Waals surface area contributed by atoms with Gasteiger partial charge >= 0.3 is 0 Å². The van der Waals surface area contributed by atoms with Gasteiger partial charge in [0, 0.05) is 6.04 Å². The highest BCUT2D eigenvalue weighted by molar-refractivity contribution is 5.51. The summed E-state index contributed by atoms with van der Waals surface area (Å²) in [7, 11) is 0. The van der Waals surface area contributed by atoms with E-state index >= 15 is 0 Å². The molecule has 1 unspecified atom stereocenters. The first-order chi connectivity index (χ1) is 6.11. The predicted octanol–water partition coefficient (Wildman–Crippen LogP) is 1.96. The van der Waals surface area contributed by atoms with Gasteiger partial charge < -0.3 is 10.8 Å². The van der Waals surface area contributed by atoms with Crippen molar-refractivity contribution in [3.63, 3.8) is 0 Å². The van der Waals surface area contributed by atoms with E-state index in [1.165, 1.54) is 11.1 Å². The predicted molar refractivity (Wildman–Crippen MR) is 52.8 cm³/mol. The molecule has 0 heterocycles. The molecule has 1 aromatic carbocycles.